The molecule has 0 amide bonds. The van der Waals surface area contributed by atoms with Crippen LogP contribution in [-0.2, 0) is 0 Å². The molecule has 2 radical (unpaired) electrons. The minimum atomic E-state index is 0. The van der Waals surface area contributed by atoms with Gasteiger partial charge in [-0.05, 0) is 18.2 Å². The van der Waals surface area contributed by atoms with E-state index in [1.54, 1.807) is 12.3 Å². The van der Waals surface area contributed by atoms with Crippen molar-refractivity contribution in [3.05, 3.63) is 30.7 Å². The Labute approximate surface area is 58.9 Å². The molecule has 0 bridgehead atoms. The quantitative estimate of drug-likeness (QED) is 0.587. The first-order chi connectivity index (χ1) is 3.43. The van der Waals surface area contributed by atoms with Crippen molar-refractivity contribution in [3.8, 4) is 0 Å². The van der Waals surface area contributed by atoms with E-state index in [9.17, 15) is 0 Å². The Hall–Kier alpha value is -0.461. The van der Waals surface area contributed by atoms with Gasteiger partial charge < -0.3 is 4.42 Å². The van der Waals surface area contributed by atoms with E-state index in [1.165, 1.54) is 0 Å². The first-order valence-corrected chi connectivity index (χ1v) is 2.09. The minimum absolute atomic E-state index is 0. The summed E-state index contributed by atoms with van der Waals surface area (Å²) in [5, 5.41) is 0. The molecule has 0 spiro atoms. The van der Waals surface area contributed by atoms with Gasteiger partial charge in [0.15, 0.2) is 0 Å². The van der Waals surface area contributed by atoms with Crippen molar-refractivity contribution in [2.24, 2.45) is 0 Å². The smallest absolute Gasteiger partial charge is 0.126 e. The molecule has 1 heterocycles. The summed E-state index contributed by atoms with van der Waals surface area (Å²) in [7, 11) is 0. The fraction of sp³-hybridized carbons (Fsp3) is 0. The summed E-state index contributed by atoms with van der Waals surface area (Å²) in [6, 6.07) is 3.68. The second kappa shape index (κ2) is 3.53. The summed E-state index contributed by atoms with van der Waals surface area (Å²) in [6.07, 6.45) is 3.29. The van der Waals surface area contributed by atoms with Gasteiger partial charge in [-0.2, -0.15) is 0 Å². The van der Waals surface area contributed by atoms with Crippen LogP contribution in [0.15, 0.2) is 29.4 Å². The Morgan fingerprint density at radius 1 is 1.62 bits per heavy atom. The topological polar surface area (TPSA) is 13.1 Å². The van der Waals surface area contributed by atoms with Gasteiger partial charge in [-0.25, -0.2) is 0 Å². The molecule has 0 saturated heterocycles. The monoisotopic (exact) mass is 174 g/mol. The van der Waals surface area contributed by atoms with Crippen LogP contribution in [0.4, 0.5) is 0 Å². The Morgan fingerprint density at radius 3 is 2.62 bits per heavy atom. The first-order valence-electron chi connectivity index (χ1n) is 2.09. The minimum Gasteiger partial charge on any atom is -0.465 e. The van der Waals surface area contributed by atoms with Crippen LogP contribution in [0.1, 0.15) is 5.76 Å². The van der Waals surface area contributed by atoms with Crippen LogP contribution in [0.5, 0.6) is 0 Å². The zero-order valence-corrected chi connectivity index (χ0v) is 6.05. The molecule has 0 unspecified atom stereocenters. The Morgan fingerprint density at radius 2 is 2.38 bits per heavy atom. The molecule has 42 valence electrons. The molecule has 0 aromatic carbocycles. The molecular formula is C6H6OSe. The van der Waals surface area contributed by atoms with E-state index in [0.717, 1.165) is 5.76 Å². The third-order valence-electron chi connectivity index (χ3n) is 0.744. The van der Waals surface area contributed by atoms with Crippen molar-refractivity contribution >= 4 is 23.1 Å². The molecule has 0 aliphatic carbocycles. The second-order valence-corrected chi connectivity index (χ2v) is 1.22. The van der Waals surface area contributed by atoms with Gasteiger partial charge in [0.25, 0.3) is 0 Å². The van der Waals surface area contributed by atoms with Crippen molar-refractivity contribution in [1.82, 2.24) is 0 Å². The van der Waals surface area contributed by atoms with Crippen LogP contribution >= 0.6 is 0 Å². The summed E-state index contributed by atoms with van der Waals surface area (Å²) in [5.41, 5.74) is 0. The van der Waals surface area contributed by atoms with E-state index in [-0.39, 0.29) is 17.1 Å². The molecule has 2 heteroatoms. The maximum absolute atomic E-state index is 4.86. The van der Waals surface area contributed by atoms with Gasteiger partial charge in [-0.3, -0.25) is 0 Å². The third-order valence-corrected chi connectivity index (χ3v) is 0.744. The number of hydrogen-bond donors (Lipinski definition) is 0. The van der Waals surface area contributed by atoms with Crippen LogP contribution in [0, 0.1) is 0 Å². The van der Waals surface area contributed by atoms with Crippen molar-refractivity contribution in [2.75, 3.05) is 0 Å². The van der Waals surface area contributed by atoms with Crippen molar-refractivity contribution < 1.29 is 4.42 Å². The molecule has 0 atom stereocenters. The number of rotatable bonds is 1. The second-order valence-electron chi connectivity index (χ2n) is 1.22. The van der Waals surface area contributed by atoms with Crippen LogP contribution in [0.3, 0.4) is 0 Å². The number of furan rings is 1. The maximum atomic E-state index is 4.86. The van der Waals surface area contributed by atoms with E-state index in [2.05, 4.69) is 6.58 Å². The Bertz CT molecular complexity index is 144. The summed E-state index contributed by atoms with van der Waals surface area (Å²) < 4.78 is 4.86. The molecule has 1 rings (SSSR count). The van der Waals surface area contributed by atoms with E-state index in [0.29, 0.717) is 0 Å². The van der Waals surface area contributed by atoms with Crippen LogP contribution < -0.4 is 0 Å². The zero-order chi connectivity index (χ0) is 5.11. The van der Waals surface area contributed by atoms with E-state index in [4.69, 9.17) is 4.42 Å². The largest absolute Gasteiger partial charge is 0.465 e. The van der Waals surface area contributed by atoms with Crippen LogP contribution in [-0.4, -0.2) is 17.1 Å². The predicted octanol–water partition coefficient (Wildman–Crippen LogP) is 1.54. The standard InChI is InChI=1S/C6H6O.Se/c1-2-6-4-3-5-7-6;/h2-5H,1H2;. The fourth-order valence-electron chi connectivity index (χ4n) is 0.407. The van der Waals surface area contributed by atoms with Gasteiger partial charge in [0.1, 0.15) is 5.76 Å². The first kappa shape index (κ1) is 7.54. The molecule has 0 fully saturated rings. The van der Waals surface area contributed by atoms with Gasteiger partial charge >= 0.3 is 0 Å². The normalized spacial score (nSPS) is 7.50. The third kappa shape index (κ3) is 1.57. The molecule has 0 N–H and O–H groups in total. The van der Waals surface area contributed by atoms with E-state index >= 15 is 0 Å². The molecule has 0 saturated carbocycles. The summed E-state index contributed by atoms with van der Waals surface area (Å²) in [5.74, 6) is 0.819. The summed E-state index contributed by atoms with van der Waals surface area (Å²) in [4.78, 5) is 0. The SMILES string of the molecule is C=Cc1ccco1.[Se]. The van der Waals surface area contributed by atoms with Gasteiger partial charge in [0, 0.05) is 17.1 Å². The zero-order valence-electron chi connectivity index (χ0n) is 4.33. The van der Waals surface area contributed by atoms with E-state index in [1.807, 2.05) is 12.1 Å². The average Bonchev–Trinajstić information content (AvgIpc) is 2.14. The molecular weight excluding hydrogens is 167 g/mol. The predicted molar refractivity (Wildman–Crippen MR) is 34.6 cm³/mol. The number of hydrogen-bond acceptors (Lipinski definition) is 1. The van der Waals surface area contributed by atoms with Crippen molar-refractivity contribution in [3.63, 3.8) is 0 Å². The molecule has 1 nitrogen and oxygen atoms in total. The van der Waals surface area contributed by atoms with Gasteiger partial charge in [0.05, 0.1) is 6.26 Å². The summed E-state index contributed by atoms with van der Waals surface area (Å²) >= 11 is 0. The average molecular weight is 173 g/mol. The molecule has 0 aliphatic rings. The van der Waals surface area contributed by atoms with Gasteiger partial charge in [-0.1, -0.05) is 6.58 Å². The Balaban J connectivity index is 0.000000490. The van der Waals surface area contributed by atoms with Crippen LogP contribution in [0.25, 0.3) is 6.08 Å². The van der Waals surface area contributed by atoms with E-state index < -0.39 is 0 Å². The van der Waals surface area contributed by atoms with Crippen molar-refractivity contribution in [2.45, 2.75) is 0 Å². The van der Waals surface area contributed by atoms with Crippen molar-refractivity contribution in [1.29, 1.82) is 0 Å². The van der Waals surface area contributed by atoms with Gasteiger partial charge in [0.2, 0.25) is 0 Å². The molecule has 1 aromatic heterocycles. The molecule has 8 heavy (non-hydrogen) atoms. The summed E-state index contributed by atoms with van der Waals surface area (Å²) in [6.45, 7) is 3.51. The van der Waals surface area contributed by atoms with Gasteiger partial charge in [-0.15, -0.1) is 0 Å². The maximum Gasteiger partial charge on any atom is 0.126 e. The van der Waals surface area contributed by atoms with Crippen LogP contribution in [0.2, 0.25) is 0 Å². The molecule has 0 aliphatic heterocycles. The fourth-order valence-corrected chi connectivity index (χ4v) is 0.407. The molecule has 1 aromatic rings. The Kier molecular flexibility index (Phi) is 3.33.